The first kappa shape index (κ1) is 15.8. The van der Waals surface area contributed by atoms with Gasteiger partial charge in [0.2, 0.25) is 0 Å². The molecule has 1 unspecified atom stereocenters. The van der Waals surface area contributed by atoms with E-state index >= 15 is 0 Å². The molecule has 1 atom stereocenters. The van der Waals surface area contributed by atoms with Crippen LogP contribution in [-0.4, -0.2) is 39.3 Å². The van der Waals surface area contributed by atoms with Crippen molar-refractivity contribution >= 4 is 29.3 Å². The van der Waals surface area contributed by atoms with Crippen LogP contribution in [0.25, 0.3) is 0 Å². The molecular weight excluding hydrogens is 253 g/mol. The molecule has 0 aromatic heterocycles. The van der Waals surface area contributed by atoms with E-state index < -0.39 is 16.7 Å². The summed E-state index contributed by atoms with van der Waals surface area (Å²) in [6.45, 7) is 7.10. The van der Waals surface area contributed by atoms with E-state index in [1.54, 1.807) is 13.8 Å². The van der Waals surface area contributed by atoms with E-state index in [0.29, 0.717) is 13.0 Å². The molecule has 0 aliphatic rings. The van der Waals surface area contributed by atoms with Crippen molar-refractivity contribution in [1.29, 1.82) is 0 Å². The predicted molar refractivity (Wildman–Crippen MR) is 64.7 cm³/mol. The number of alkyl halides is 2. The molecule has 0 aliphatic heterocycles. The number of carbonyl (C=O) groups excluding carboxylic acids is 1. The molecule has 4 nitrogen and oxygen atoms in total. The fourth-order valence-electron chi connectivity index (χ4n) is 1.10. The Bertz CT molecular complexity index is 229. The lowest BCUT2D eigenvalue weighted by Crippen LogP contribution is -2.49. The first-order valence-corrected chi connectivity index (χ1v) is 5.98. The summed E-state index contributed by atoms with van der Waals surface area (Å²) in [4.78, 5) is 12.8. The molecule has 0 aromatic carbocycles. The van der Waals surface area contributed by atoms with Gasteiger partial charge in [-0.15, -0.1) is 0 Å². The number of halogens is 2. The summed E-state index contributed by atoms with van der Waals surface area (Å²) in [7, 11) is 0. The molecule has 6 heteroatoms. The maximum Gasteiger partial charge on any atom is 0.412 e. The topological polar surface area (TPSA) is 49.8 Å². The lowest BCUT2D eigenvalue weighted by Gasteiger charge is -2.32. The Hall–Kier alpha value is -0.190. The Morgan fingerprint density at radius 1 is 1.50 bits per heavy atom. The smallest absolute Gasteiger partial charge is 0.412 e. The highest BCUT2D eigenvalue weighted by Gasteiger charge is 2.36. The average molecular weight is 272 g/mol. The van der Waals surface area contributed by atoms with Gasteiger partial charge in [-0.05, 0) is 27.2 Å². The largest absolute Gasteiger partial charge is 0.447 e. The third kappa shape index (κ3) is 5.23. The van der Waals surface area contributed by atoms with Crippen molar-refractivity contribution in [3.8, 4) is 0 Å². The quantitative estimate of drug-likeness (QED) is 0.618. The summed E-state index contributed by atoms with van der Waals surface area (Å²) in [6.07, 6.45) is -1.48. The maximum atomic E-state index is 11.7. The summed E-state index contributed by atoms with van der Waals surface area (Å²) in [5.74, 6) is 0. The van der Waals surface area contributed by atoms with E-state index in [4.69, 9.17) is 27.9 Å². The van der Waals surface area contributed by atoms with Crippen molar-refractivity contribution in [2.24, 2.45) is 0 Å². The van der Waals surface area contributed by atoms with Gasteiger partial charge in [0.05, 0.1) is 6.10 Å². The number of aliphatic hydroxyl groups is 1. The molecule has 0 spiro atoms. The first-order valence-electron chi connectivity index (χ1n) is 5.23. The van der Waals surface area contributed by atoms with Crippen molar-refractivity contribution in [2.45, 2.75) is 50.8 Å². The predicted octanol–water partition coefficient (Wildman–Crippen LogP) is 2.76. The average Bonchev–Trinajstić information content (AvgIpc) is 2.10. The van der Waals surface area contributed by atoms with Crippen LogP contribution in [0.1, 0.15) is 34.1 Å². The Balaban J connectivity index is 4.66. The highest BCUT2D eigenvalue weighted by molar-refractivity contribution is 6.48. The van der Waals surface area contributed by atoms with Crippen LogP contribution in [0.5, 0.6) is 0 Å². The number of rotatable bonds is 5. The van der Waals surface area contributed by atoms with Gasteiger partial charge in [0.15, 0.2) is 10.6 Å². The van der Waals surface area contributed by atoms with E-state index in [-0.39, 0.29) is 6.10 Å². The number of carbonyl (C=O) groups is 1. The van der Waals surface area contributed by atoms with Crippen LogP contribution >= 0.6 is 23.2 Å². The molecule has 0 bridgehead atoms. The van der Waals surface area contributed by atoms with E-state index in [1.165, 1.54) is 6.92 Å². The SMILES string of the molecule is CCCN(C(=O)OC(C)C)C(O)C(C)(Cl)Cl. The number of amides is 1. The van der Waals surface area contributed by atoms with Gasteiger partial charge in [-0.25, -0.2) is 4.79 Å². The minimum atomic E-state index is -1.43. The number of nitrogens with zero attached hydrogens (tertiary/aromatic N) is 1. The molecule has 0 saturated heterocycles. The Labute approximate surface area is 106 Å². The van der Waals surface area contributed by atoms with Gasteiger partial charge in [0.1, 0.15) is 0 Å². The molecule has 0 radical (unpaired) electrons. The minimum Gasteiger partial charge on any atom is -0.447 e. The number of hydrogen-bond donors (Lipinski definition) is 1. The maximum absolute atomic E-state index is 11.7. The summed E-state index contributed by atoms with van der Waals surface area (Å²) in [5.41, 5.74) is 0. The standard InChI is InChI=1S/C10H19Cl2NO3/c1-5-6-13(8(14)10(4,11)12)9(15)16-7(2)3/h7-8,14H,5-6H2,1-4H3. The van der Waals surface area contributed by atoms with Gasteiger partial charge in [0, 0.05) is 6.54 Å². The van der Waals surface area contributed by atoms with Gasteiger partial charge < -0.3 is 9.84 Å². The van der Waals surface area contributed by atoms with Crippen LogP contribution in [0.15, 0.2) is 0 Å². The molecule has 0 saturated carbocycles. The van der Waals surface area contributed by atoms with Crippen molar-refractivity contribution in [3.05, 3.63) is 0 Å². The van der Waals surface area contributed by atoms with Crippen LogP contribution in [0.2, 0.25) is 0 Å². The van der Waals surface area contributed by atoms with Crippen molar-refractivity contribution < 1.29 is 14.6 Å². The fraction of sp³-hybridized carbons (Fsp3) is 0.900. The first-order chi connectivity index (χ1) is 7.20. The van der Waals surface area contributed by atoms with Crippen molar-refractivity contribution in [3.63, 3.8) is 0 Å². The summed E-state index contributed by atoms with van der Waals surface area (Å²) >= 11 is 11.5. The van der Waals surface area contributed by atoms with E-state index in [2.05, 4.69) is 0 Å². The Morgan fingerprint density at radius 2 is 2.00 bits per heavy atom. The summed E-state index contributed by atoms with van der Waals surface area (Å²) in [6, 6.07) is 0. The molecule has 0 aromatic rings. The van der Waals surface area contributed by atoms with Gasteiger partial charge in [-0.3, -0.25) is 4.90 Å². The molecular formula is C10H19Cl2NO3. The van der Waals surface area contributed by atoms with Crippen LogP contribution < -0.4 is 0 Å². The van der Waals surface area contributed by atoms with E-state index in [1.807, 2.05) is 6.92 Å². The second-order valence-electron chi connectivity index (χ2n) is 3.96. The van der Waals surface area contributed by atoms with Crippen molar-refractivity contribution in [2.75, 3.05) is 6.54 Å². The van der Waals surface area contributed by atoms with Gasteiger partial charge in [-0.2, -0.15) is 0 Å². The fourth-order valence-corrected chi connectivity index (χ4v) is 1.33. The lowest BCUT2D eigenvalue weighted by atomic mass is 10.3. The highest BCUT2D eigenvalue weighted by Crippen LogP contribution is 2.27. The third-order valence-corrected chi connectivity index (χ3v) is 2.17. The van der Waals surface area contributed by atoms with E-state index in [0.717, 1.165) is 4.90 Å². The molecule has 96 valence electrons. The number of aliphatic hydroxyl groups excluding tert-OH is 1. The second kappa shape index (κ2) is 6.52. The van der Waals surface area contributed by atoms with Crippen LogP contribution in [0.4, 0.5) is 4.79 Å². The minimum absolute atomic E-state index is 0.254. The molecule has 1 N–H and O–H groups in total. The number of ether oxygens (including phenoxy) is 1. The van der Waals surface area contributed by atoms with Crippen LogP contribution in [0.3, 0.4) is 0 Å². The molecule has 0 aliphatic carbocycles. The highest BCUT2D eigenvalue weighted by atomic mass is 35.5. The van der Waals surface area contributed by atoms with Gasteiger partial charge in [-0.1, -0.05) is 30.1 Å². The van der Waals surface area contributed by atoms with Crippen molar-refractivity contribution in [1.82, 2.24) is 4.90 Å². The van der Waals surface area contributed by atoms with E-state index in [9.17, 15) is 9.90 Å². The zero-order valence-electron chi connectivity index (χ0n) is 10.0. The normalized spacial score (nSPS) is 13.8. The molecule has 0 fully saturated rings. The molecule has 0 heterocycles. The summed E-state index contributed by atoms with van der Waals surface area (Å²) < 4.78 is 3.57. The molecule has 0 rings (SSSR count). The second-order valence-corrected chi connectivity index (χ2v) is 5.72. The van der Waals surface area contributed by atoms with Gasteiger partial charge >= 0.3 is 6.09 Å². The van der Waals surface area contributed by atoms with Crippen LogP contribution in [0, 0.1) is 0 Å². The molecule has 16 heavy (non-hydrogen) atoms. The number of hydrogen-bond acceptors (Lipinski definition) is 3. The van der Waals surface area contributed by atoms with Gasteiger partial charge in [0.25, 0.3) is 0 Å². The monoisotopic (exact) mass is 271 g/mol. The Kier molecular flexibility index (Phi) is 6.44. The Morgan fingerprint density at radius 3 is 2.31 bits per heavy atom. The molecule has 1 amide bonds. The van der Waals surface area contributed by atoms with Crippen LogP contribution in [-0.2, 0) is 4.74 Å². The third-order valence-electron chi connectivity index (χ3n) is 1.78. The lowest BCUT2D eigenvalue weighted by molar-refractivity contribution is -0.0150. The zero-order chi connectivity index (χ0) is 12.9. The zero-order valence-corrected chi connectivity index (χ0v) is 11.5. The summed E-state index contributed by atoms with van der Waals surface area (Å²) in [5, 5.41) is 9.82.